The van der Waals surface area contributed by atoms with Crippen LogP contribution in [-0.2, 0) is 0 Å². The molecule has 0 saturated heterocycles. The van der Waals surface area contributed by atoms with Gasteiger partial charge in [-0.3, -0.25) is 0 Å². The number of carbonyl (C=O) groups is 1. The first-order valence-electron chi connectivity index (χ1n) is 3.84. The highest BCUT2D eigenvalue weighted by Crippen LogP contribution is 2.21. The molecular weight excluding hydrogens is 188 g/mol. The van der Waals surface area contributed by atoms with Crippen molar-refractivity contribution in [2.75, 3.05) is 6.61 Å². The van der Waals surface area contributed by atoms with Gasteiger partial charge in [-0.25, -0.2) is 4.79 Å². The molecule has 0 radical (unpaired) electrons. The van der Waals surface area contributed by atoms with Crippen molar-refractivity contribution in [3.05, 3.63) is 23.8 Å². The molecule has 1 N–H and O–H groups in total. The molecule has 3 nitrogen and oxygen atoms in total. The summed E-state index contributed by atoms with van der Waals surface area (Å²) in [6.45, 7) is 2.26. The molecule has 0 aliphatic heterocycles. The molecule has 0 heterocycles. The van der Waals surface area contributed by atoms with Crippen molar-refractivity contribution < 1.29 is 14.6 Å². The second kappa shape index (κ2) is 4.18. The minimum absolute atomic E-state index is 0.148. The van der Waals surface area contributed by atoms with Gasteiger partial charge >= 0.3 is 5.97 Å². The van der Waals surface area contributed by atoms with Gasteiger partial charge in [0.2, 0.25) is 0 Å². The van der Waals surface area contributed by atoms with E-state index in [0.717, 1.165) is 0 Å². The maximum atomic E-state index is 10.7. The quantitative estimate of drug-likeness (QED) is 0.731. The number of rotatable bonds is 3. The van der Waals surface area contributed by atoms with Crippen molar-refractivity contribution in [1.29, 1.82) is 0 Å². The van der Waals surface area contributed by atoms with Crippen molar-refractivity contribution in [3.63, 3.8) is 0 Å². The van der Waals surface area contributed by atoms with Crippen molar-refractivity contribution in [3.8, 4) is 5.75 Å². The number of hydrogen-bond donors (Lipinski definition) is 2. The Labute approximate surface area is 81.8 Å². The molecular formula is C9H10O3S. The van der Waals surface area contributed by atoms with Crippen LogP contribution in [0.3, 0.4) is 0 Å². The lowest BCUT2D eigenvalue weighted by molar-refractivity contribution is 0.0692. The Kier molecular flexibility index (Phi) is 3.19. The topological polar surface area (TPSA) is 46.5 Å². The fourth-order valence-electron chi connectivity index (χ4n) is 0.966. The van der Waals surface area contributed by atoms with Gasteiger partial charge in [0.05, 0.1) is 6.61 Å². The van der Waals surface area contributed by atoms with Crippen LogP contribution in [0.25, 0.3) is 0 Å². The summed E-state index contributed by atoms with van der Waals surface area (Å²) in [6, 6.07) is 4.77. The molecule has 0 unspecified atom stereocenters. The van der Waals surface area contributed by atoms with E-state index >= 15 is 0 Å². The van der Waals surface area contributed by atoms with Crippen molar-refractivity contribution in [2.45, 2.75) is 11.8 Å². The summed E-state index contributed by atoms with van der Waals surface area (Å²) in [4.78, 5) is 11.3. The number of thiol groups is 1. The Morgan fingerprint density at radius 1 is 1.62 bits per heavy atom. The summed E-state index contributed by atoms with van der Waals surface area (Å²) in [6.07, 6.45) is 0. The van der Waals surface area contributed by atoms with Gasteiger partial charge in [-0.15, -0.1) is 12.6 Å². The van der Waals surface area contributed by atoms with Crippen LogP contribution in [0.5, 0.6) is 5.75 Å². The van der Waals surface area contributed by atoms with Gasteiger partial charge in [-0.05, 0) is 25.1 Å². The van der Waals surface area contributed by atoms with E-state index in [1.807, 2.05) is 0 Å². The first-order valence-corrected chi connectivity index (χ1v) is 4.29. The Balaban J connectivity index is 3.10. The van der Waals surface area contributed by atoms with E-state index in [-0.39, 0.29) is 5.56 Å². The fraction of sp³-hybridized carbons (Fsp3) is 0.222. The smallest absolute Gasteiger partial charge is 0.339 e. The molecule has 1 aromatic carbocycles. The Hall–Kier alpha value is -1.16. The number of carboxylic acid groups (broad SMARTS) is 1. The molecule has 4 heteroatoms. The van der Waals surface area contributed by atoms with Gasteiger partial charge in [0.1, 0.15) is 11.3 Å². The third-order valence-electron chi connectivity index (χ3n) is 1.49. The van der Waals surface area contributed by atoms with Crippen LogP contribution < -0.4 is 4.74 Å². The molecule has 13 heavy (non-hydrogen) atoms. The van der Waals surface area contributed by atoms with Crippen LogP contribution in [0.15, 0.2) is 23.1 Å². The molecule has 0 aliphatic rings. The predicted octanol–water partition coefficient (Wildman–Crippen LogP) is 2.07. The molecule has 0 fully saturated rings. The van der Waals surface area contributed by atoms with E-state index in [4.69, 9.17) is 9.84 Å². The molecule has 70 valence electrons. The number of hydrogen-bond acceptors (Lipinski definition) is 3. The maximum Gasteiger partial charge on any atom is 0.339 e. The van der Waals surface area contributed by atoms with Crippen LogP contribution in [0.2, 0.25) is 0 Å². The third-order valence-corrected chi connectivity index (χ3v) is 1.77. The molecule has 0 atom stereocenters. The van der Waals surface area contributed by atoms with E-state index in [1.165, 1.54) is 6.07 Å². The standard InChI is InChI=1S/C9H10O3S/c1-2-12-8-4-3-6(13)5-7(8)9(10)11/h3-5,13H,2H2,1H3,(H,10,11). The third kappa shape index (κ3) is 2.39. The lowest BCUT2D eigenvalue weighted by Gasteiger charge is -2.06. The zero-order chi connectivity index (χ0) is 9.84. The normalized spacial score (nSPS) is 9.69. The summed E-state index contributed by atoms with van der Waals surface area (Å²) in [5.41, 5.74) is 0.148. The molecule has 1 rings (SSSR count). The number of ether oxygens (including phenoxy) is 1. The highest BCUT2D eigenvalue weighted by Gasteiger charge is 2.10. The van der Waals surface area contributed by atoms with Crippen LogP contribution in [-0.4, -0.2) is 17.7 Å². The molecule has 0 aliphatic carbocycles. The molecule has 0 spiro atoms. The minimum Gasteiger partial charge on any atom is -0.493 e. The molecule has 0 aromatic heterocycles. The van der Waals surface area contributed by atoms with Crippen molar-refractivity contribution in [1.82, 2.24) is 0 Å². The fourth-order valence-corrected chi connectivity index (χ4v) is 1.17. The zero-order valence-corrected chi connectivity index (χ0v) is 8.04. The zero-order valence-electron chi connectivity index (χ0n) is 7.15. The summed E-state index contributed by atoms with van der Waals surface area (Å²) >= 11 is 4.05. The van der Waals surface area contributed by atoms with E-state index in [1.54, 1.807) is 19.1 Å². The largest absolute Gasteiger partial charge is 0.493 e. The summed E-state index contributed by atoms with van der Waals surface area (Å²) in [7, 11) is 0. The SMILES string of the molecule is CCOc1ccc(S)cc1C(=O)O. The van der Waals surface area contributed by atoms with Crippen LogP contribution in [0, 0.1) is 0 Å². The van der Waals surface area contributed by atoms with E-state index in [0.29, 0.717) is 17.3 Å². The van der Waals surface area contributed by atoms with Gasteiger partial charge in [0.25, 0.3) is 0 Å². The Bertz CT molecular complexity index is 323. The van der Waals surface area contributed by atoms with E-state index < -0.39 is 5.97 Å². The first-order chi connectivity index (χ1) is 6.15. The number of carboxylic acids is 1. The number of benzene rings is 1. The van der Waals surface area contributed by atoms with E-state index in [9.17, 15) is 4.79 Å². The molecule has 0 amide bonds. The van der Waals surface area contributed by atoms with Gasteiger partial charge in [-0.1, -0.05) is 0 Å². The number of aromatic carboxylic acids is 1. The summed E-state index contributed by atoms with van der Waals surface area (Å²) in [5.74, 6) is -0.618. The highest BCUT2D eigenvalue weighted by molar-refractivity contribution is 7.80. The Morgan fingerprint density at radius 2 is 2.31 bits per heavy atom. The first kappa shape index (κ1) is 9.92. The van der Waals surface area contributed by atoms with Crippen LogP contribution in [0.4, 0.5) is 0 Å². The van der Waals surface area contributed by atoms with Gasteiger partial charge in [0, 0.05) is 4.90 Å². The molecule has 0 saturated carbocycles. The second-order valence-electron chi connectivity index (χ2n) is 2.42. The van der Waals surface area contributed by atoms with Gasteiger partial charge in [0.15, 0.2) is 0 Å². The second-order valence-corrected chi connectivity index (χ2v) is 2.94. The van der Waals surface area contributed by atoms with Crippen molar-refractivity contribution in [2.24, 2.45) is 0 Å². The maximum absolute atomic E-state index is 10.7. The highest BCUT2D eigenvalue weighted by atomic mass is 32.1. The average Bonchev–Trinajstić information content (AvgIpc) is 2.08. The molecule has 1 aromatic rings. The molecule has 0 bridgehead atoms. The lowest BCUT2D eigenvalue weighted by Crippen LogP contribution is -2.02. The Morgan fingerprint density at radius 3 is 2.85 bits per heavy atom. The summed E-state index contributed by atoms with van der Waals surface area (Å²) < 4.78 is 5.14. The van der Waals surface area contributed by atoms with Crippen LogP contribution >= 0.6 is 12.6 Å². The predicted molar refractivity (Wildman–Crippen MR) is 51.8 cm³/mol. The average molecular weight is 198 g/mol. The summed E-state index contributed by atoms with van der Waals surface area (Å²) in [5, 5.41) is 8.80. The van der Waals surface area contributed by atoms with Gasteiger partial charge in [-0.2, -0.15) is 0 Å². The van der Waals surface area contributed by atoms with Gasteiger partial charge < -0.3 is 9.84 Å². The lowest BCUT2D eigenvalue weighted by atomic mass is 10.2. The monoisotopic (exact) mass is 198 g/mol. The minimum atomic E-state index is -1.00. The van der Waals surface area contributed by atoms with E-state index in [2.05, 4.69) is 12.6 Å². The van der Waals surface area contributed by atoms with Crippen molar-refractivity contribution >= 4 is 18.6 Å². The van der Waals surface area contributed by atoms with Crippen LogP contribution in [0.1, 0.15) is 17.3 Å².